The Kier molecular flexibility index (Phi) is 29.6. The minimum Gasteiger partial charge on any atom is -0.355 e. The lowest BCUT2D eigenvalue weighted by molar-refractivity contribution is -0.118. The number of rotatable bonds is 28. The summed E-state index contributed by atoms with van der Waals surface area (Å²) in [6.45, 7) is 3.08. The molecule has 3 heteroatoms. The first-order chi connectivity index (χ1) is 16.3. The Bertz CT molecular complexity index is 374. The second kappa shape index (κ2) is 29.8. The van der Waals surface area contributed by atoms with Crippen molar-refractivity contribution in [2.45, 2.75) is 174 Å². The van der Waals surface area contributed by atoms with E-state index in [0.29, 0.717) is 0 Å². The maximum absolute atomic E-state index is 11.0. The van der Waals surface area contributed by atoms with E-state index < -0.39 is 0 Å². The van der Waals surface area contributed by atoms with Crippen LogP contribution in [0.4, 0.5) is 0 Å². The highest BCUT2D eigenvalue weighted by Gasteiger charge is 1.98. The molecule has 198 valence electrons. The van der Waals surface area contributed by atoms with Gasteiger partial charge in [-0.15, -0.1) is 11.6 Å². The van der Waals surface area contributed by atoms with Crippen LogP contribution in [-0.2, 0) is 4.79 Å². The monoisotopic (exact) mass is 485 g/mol. The summed E-state index contributed by atoms with van der Waals surface area (Å²) in [6, 6.07) is 0. The average Bonchev–Trinajstić information content (AvgIpc) is 2.83. The number of carbonyl (C=O) groups is 1. The van der Waals surface area contributed by atoms with E-state index >= 15 is 0 Å². The number of nitrogens with one attached hydrogen (secondary N) is 1. The summed E-state index contributed by atoms with van der Waals surface area (Å²) in [4.78, 5) is 11.0. The number of alkyl halides is 1. The molecule has 0 spiro atoms. The van der Waals surface area contributed by atoms with E-state index in [1.807, 2.05) is 0 Å². The molecule has 0 unspecified atom stereocenters. The zero-order valence-electron chi connectivity index (χ0n) is 22.6. The molecule has 0 saturated heterocycles. The van der Waals surface area contributed by atoms with Gasteiger partial charge in [0, 0.05) is 6.54 Å². The molecule has 0 bridgehead atoms. The molecule has 0 aromatic heterocycles. The third kappa shape index (κ3) is 29.7. The first-order valence-electron chi connectivity index (χ1n) is 15.1. The molecular weight excluding hydrogens is 426 g/mol. The second-order valence-electron chi connectivity index (χ2n) is 10.3. The van der Waals surface area contributed by atoms with Crippen LogP contribution in [0.1, 0.15) is 174 Å². The summed E-state index contributed by atoms with van der Waals surface area (Å²) >= 11 is 5.45. The van der Waals surface area contributed by atoms with Gasteiger partial charge in [-0.2, -0.15) is 0 Å². The normalized spacial score (nSPS) is 11.2. The van der Waals surface area contributed by atoms with Gasteiger partial charge in [-0.25, -0.2) is 0 Å². The van der Waals surface area contributed by atoms with Crippen LogP contribution in [0.5, 0.6) is 0 Å². The largest absolute Gasteiger partial charge is 0.355 e. The van der Waals surface area contributed by atoms with Gasteiger partial charge in [-0.05, 0) is 6.42 Å². The smallest absolute Gasteiger partial charge is 0.234 e. The van der Waals surface area contributed by atoms with Gasteiger partial charge in [-0.3, -0.25) is 4.79 Å². The predicted octanol–water partition coefficient (Wildman–Crippen LogP) is 10.5. The lowest BCUT2D eigenvalue weighted by Crippen LogP contribution is -2.25. The van der Waals surface area contributed by atoms with Crippen LogP contribution in [0.15, 0.2) is 0 Å². The SMILES string of the molecule is CCCCCCCCCCCCCCCCCCCCCCCCCCCCNC(=O)CCl. The Hall–Kier alpha value is -0.240. The molecule has 0 rings (SSSR count). The molecule has 2 nitrogen and oxygen atoms in total. The van der Waals surface area contributed by atoms with Crippen LogP contribution < -0.4 is 5.32 Å². The first-order valence-corrected chi connectivity index (χ1v) is 15.7. The maximum Gasteiger partial charge on any atom is 0.234 e. The Labute approximate surface area is 213 Å². The molecule has 1 N–H and O–H groups in total. The van der Waals surface area contributed by atoms with Crippen LogP contribution in [0.3, 0.4) is 0 Å². The van der Waals surface area contributed by atoms with Crippen molar-refractivity contribution < 1.29 is 4.79 Å². The van der Waals surface area contributed by atoms with Gasteiger partial charge >= 0.3 is 0 Å². The topological polar surface area (TPSA) is 29.1 Å². The van der Waals surface area contributed by atoms with Gasteiger partial charge in [0.15, 0.2) is 0 Å². The third-order valence-electron chi connectivity index (χ3n) is 6.97. The summed E-state index contributed by atoms with van der Waals surface area (Å²) < 4.78 is 0. The number of hydrogen-bond donors (Lipinski definition) is 1. The van der Waals surface area contributed by atoms with E-state index in [-0.39, 0.29) is 11.8 Å². The zero-order valence-corrected chi connectivity index (χ0v) is 23.3. The predicted molar refractivity (Wildman–Crippen MR) is 149 cm³/mol. The highest BCUT2D eigenvalue weighted by molar-refractivity contribution is 6.27. The summed E-state index contributed by atoms with van der Waals surface area (Å²) in [6.07, 6.45) is 36.9. The summed E-state index contributed by atoms with van der Waals surface area (Å²) in [5, 5.41) is 2.83. The maximum atomic E-state index is 11.0. The fourth-order valence-electron chi connectivity index (χ4n) is 4.72. The van der Waals surface area contributed by atoms with Gasteiger partial charge in [-0.1, -0.05) is 167 Å². The van der Waals surface area contributed by atoms with Gasteiger partial charge in [0.2, 0.25) is 5.91 Å². The van der Waals surface area contributed by atoms with Gasteiger partial charge in [0.1, 0.15) is 5.88 Å². The molecule has 0 radical (unpaired) electrons. The Balaban J connectivity index is 3.02. The van der Waals surface area contributed by atoms with E-state index in [2.05, 4.69) is 12.2 Å². The molecule has 0 atom stereocenters. The molecule has 1 amide bonds. The quantitative estimate of drug-likeness (QED) is 0.0865. The van der Waals surface area contributed by atoms with Crippen LogP contribution in [0.2, 0.25) is 0 Å². The standard InChI is InChI=1S/C30H60ClNO/c1-2-3-4-5-6-7-8-9-10-11-12-13-14-15-16-17-18-19-20-21-22-23-24-25-26-27-28-32-30(33)29-31/h2-29H2,1H3,(H,32,33). The lowest BCUT2D eigenvalue weighted by Gasteiger charge is -2.05. The Morgan fingerprint density at radius 3 is 0.939 bits per heavy atom. The van der Waals surface area contributed by atoms with Crippen LogP contribution >= 0.6 is 11.6 Å². The van der Waals surface area contributed by atoms with Crippen LogP contribution in [0, 0.1) is 0 Å². The molecular formula is C30H60ClNO. The van der Waals surface area contributed by atoms with Crippen molar-refractivity contribution in [3.63, 3.8) is 0 Å². The van der Waals surface area contributed by atoms with Crippen LogP contribution in [-0.4, -0.2) is 18.3 Å². The summed E-state index contributed by atoms with van der Waals surface area (Å²) in [7, 11) is 0. The Morgan fingerprint density at radius 2 is 0.697 bits per heavy atom. The van der Waals surface area contributed by atoms with E-state index in [9.17, 15) is 4.79 Å². The first kappa shape index (κ1) is 32.8. The van der Waals surface area contributed by atoms with Gasteiger partial charge < -0.3 is 5.32 Å². The van der Waals surface area contributed by atoms with Crippen molar-refractivity contribution in [3.05, 3.63) is 0 Å². The number of carbonyl (C=O) groups excluding carboxylic acids is 1. The van der Waals surface area contributed by atoms with Crippen LogP contribution in [0.25, 0.3) is 0 Å². The molecule has 0 fully saturated rings. The molecule has 0 heterocycles. The van der Waals surface area contributed by atoms with E-state index in [1.54, 1.807) is 0 Å². The molecule has 0 aliphatic carbocycles. The van der Waals surface area contributed by atoms with E-state index in [1.165, 1.54) is 161 Å². The van der Waals surface area contributed by atoms with Crippen molar-refractivity contribution >= 4 is 17.5 Å². The number of amides is 1. The molecule has 33 heavy (non-hydrogen) atoms. The minimum absolute atomic E-state index is 0.0451. The van der Waals surface area contributed by atoms with E-state index in [0.717, 1.165) is 13.0 Å². The van der Waals surface area contributed by atoms with Crippen molar-refractivity contribution in [3.8, 4) is 0 Å². The molecule has 0 aromatic carbocycles. The number of hydrogen-bond acceptors (Lipinski definition) is 1. The van der Waals surface area contributed by atoms with Crippen molar-refractivity contribution in [1.82, 2.24) is 5.32 Å². The lowest BCUT2D eigenvalue weighted by atomic mass is 10.0. The van der Waals surface area contributed by atoms with Crippen molar-refractivity contribution in [2.75, 3.05) is 12.4 Å². The molecule has 0 saturated carbocycles. The zero-order chi connectivity index (χ0) is 24.1. The Morgan fingerprint density at radius 1 is 0.455 bits per heavy atom. The number of halogens is 1. The fraction of sp³-hybridized carbons (Fsp3) is 0.967. The van der Waals surface area contributed by atoms with Crippen molar-refractivity contribution in [2.24, 2.45) is 0 Å². The minimum atomic E-state index is -0.0451. The van der Waals surface area contributed by atoms with Gasteiger partial charge in [0.25, 0.3) is 0 Å². The number of unbranched alkanes of at least 4 members (excludes halogenated alkanes) is 25. The van der Waals surface area contributed by atoms with E-state index in [4.69, 9.17) is 11.6 Å². The summed E-state index contributed by atoms with van der Waals surface area (Å²) in [5.41, 5.74) is 0. The summed E-state index contributed by atoms with van der Waals surface area (Å²) in [5.74, 6) is 0.0377. The third-order valence-corrected chi connectivity index (χ3v) is 7.22. The fourth-order valence-corrected chi connectivity index (χ4v) is 4.81. The molecule has 0 aromatic rings. The second-order valence-corrected chi connectivity index (χ2v) is 10.6. The molecule has 0 aliphatic rings. The van der Waals surface area contributed by atoms with Gasteiger partial charge in [0.05, 0.1) is 0 Å². The average molecular weight is 486 g/mol. The molecule has 0 aliphatic heterocycles. The van der Waals surface area contributed by atoms with Crippen molar-refractivity contribution in [1.29, 1.82) is 0 Å². The highest BCUT2D eigenvalue weighted by atomic mass is 35.5. The highest BCUT2D eigenvalue weighted by Crippen LogP contribution is 2.15.